The largest absolute Gasteiger partial charge is 0.449 e. The molecule has 0 spiro atoms. The van der Waals surface area contributed by atoms with E-state index in [9.17, 15) is 33.6 Å². The predicted octanol–water partition coefficient (Wildman–Crippen LogP) is 3.11. The fraction of sp³-hybridized carbons (Fsp3) is 0.667. The van der Waals surface area contributed by atoms with Crippen molar-refractivity contribution in [3.05, 3.63) is 35.9 Å². The molecule has 2 aliphatic rings. The lowest BCUT2D eigenvalue weighted by atomic mass is 9.83. The maximum absolute atomic E-state index is 14.3. The predicted molar refractivity (Wildman–Crippen MR) is 199 cm³/mol. The third-order valence-electron chi connectivity index (χ3n) is 10.0. The second kappa shape index (κ2) is 20.7. The lowest BCUT2D eigenvalue weighted by molar-refractivity contribution is -0.144. The summed E-state index contributed by atoms with van der Waals surface area (Å²) in [6.45, 7) is 9.53. The van der Waals surface area contributed by atoms with Crippen LogP contribution < -0.4 is 21.3 Å². The maximum Gasteiger partial charge on any atom is 0.407 e. The van der Waals surface area contributed by atoms with Crippen molar-refractivity contribution < 1.29 is 38.3 Å². The zero-order valence-electron chi connectivity index (χ0n) is 32.4. The molecule has 294 valence electrons. The number of carbonyl (C=O) groups excluding carboxylic acids is 7. The zero-order valence-corrected chi connectivity index (χ0v) is 32.4. The Bertz CT molecular complexity index is 1430. The number of alkyl carbamates (subject to hydrolysis) is 1. The first-order valence-corrected chi connectivity index (χ1v) is 19.1. The Labute approximate surface area is 313 Å². The van der Waals surface area contributed by atoms with Gasteiger partial charge in [-0.1, -0.05) is 90.6 Å². The van der Waals surface area contributed by atoms with Crippen LogP contribution in [0.25, 0.3) is 0 Å². The van der Waals surface area contributed by atoms with Gasteiger partial charge in [-0.15, -0.1) is 0 Å². The number of Topliss-reactive ketones (excluding diaryl/α,β-unsaturated/α-hetero) is 1. The zero-order chi connectivity index (χ0) is 39.2. The van der Waals surface area contributed by atoms with Crippen molar-refractivity contribution in [2.45, 2.75) is 110 Å². The molecule has 1 aromatic rings. The Morgan fingerprint density at radius 2 is 1.55 bits per heavy atom. The minimum Gasteiger partial charge on any atom is -0.449 e. The molecule has 3 rings (SSSR count). The SMILES string of the molecule is CCCC(NC(=O)[C@@H]1[C@@H](C(C)C)CCN1C(=O)[C@@H](NC(=O)OCC(C)C)C1CCCCC1)C(=O)C(=O)NCC(=O)NC(C(=O)N(C)C)c1ccccc1. The first-order valence-electron chi connectivity index (χ1n) is 19.1. The van der Waals surface area contributed by atoms with E-state index in [2.05, 4.69) is 21.3 Å². The van der Waals surface area contributed by atoms with Crippen molar-refractivity contribution in [3.63, 3.8) is 0 Å². The van der Waals surface area contributed by atoms with Crippen LogP contribution in [0.4, 0.5) is 4.79 Å². The number of hydrogen-bond donors (Lipinski definition) is 4. The Kier molecular flexibility index (Phi) is 16.7. The summed E-state index contributed by atoms with van der Waals surface area (Å²) in [6.07, 6.45) is 4.94. The lowest BCUT2D eigenvalue weighted by Crippen LogP contribution is -2.59. The molecule has 1 saturated carbocycles. The van der Waals surface area contributed by atoms with E-state index in [0.717, 1.165) is 32.1 Å². The highest BCUT2D eigenvalue weighted by molar-refractivity contribution is 6.38. The Morgan fingerprint density at radius 1 is 0.887 bits per heavy atom. The van der Waals surface area contributed by atoms with E-state index in [1.807, 2.05) is 34.6 Å². The number of amides is 6. The molecule has 5 atom stereocenters. The van der Waals surface area contributed by atoms with Crippen molar-refractivity contribution >= 4 is 41.4 Å². The van der Waals surface area contributed by atoms with Crippen molar-refractivity contribution in [1.29, 1.82) is 0 Å². The highest BCUT2D eigenvalue weighted by Gasteiger charge is 2.47. The molecule has 14 heteroatoms. The lowest BCUT2D eigenvalue weighted by Gasteiger charge is -2.36. The summed E-state index contributed by atoms with van der Waals surface area (Å²) in [5.41, 5.74) is 0.554. The molecule has 1 heterocycles. The van der Waals surface area contributed by atoms with E-state index < -0.39 is 60.3 Å². The monoisotopic (exact) mass is 740 g/mol. The quantitative estimate of drug-likeness (QED) is 0.176. The molecule has 2 fully saturated rings. The van der Waals surface area contributed by atoms with Crippen molar-refractivity contribution in [2.24, 2.45) is 23.7 Å². The van der Waals surface area contributed by atoms with Crippen LogP contribution in [0.2, 0.25) is 0 Å². The normalized spacial score (nSPS) is 19.2. The fourth-order valence-corrected chi connectivity index (χ4v) is 7.16. The number of rotatable bonds is 17. The van der Waals surface area contributed by atoms with E-state index in [0.29, 0.717) is 24.9 Å². The molecule has 6 amide bonds. The van der Waals surface area contributed by atoms with Crippen molar-refractivity contribution in [3.8, 4) is 0 Å². The maximum atomic E-state index is 14.3. The Hall–Kier alpha value is -4.49. The van der Waals surface area contributed by atoms with Crippen LogP contribution in [0.3, 0.4) is 0 Å². The molecule has 2 unspecified atom stereocenters. The standard InChI is InChI=1S/C39H60N6O8/c1-8-15-29(34(47)36(49)40-22-30(46)42-31(37(50)44(6)7)26-16-11-9-12-17-26)41-35(48)33-28(25(4)5)20-21-45(33)38(51)32(27-18-13-10-14-19-27)43-39(52)53-23-24(2)3/h9,11-12,16-17,24-25,27-29,31-33H,8,10,13-15,18-23H2,1-7H3,(H,40,49)(H,41,48)(H,42,46)(H,43,52)/t28-,29?,31?,32+,33+/m1/s1. The second-order valence-corrected chi connectivity index (χ2v) is 15.2. The number of benzene rings is 1. The number of likely N-dealkylation sites (N-methyl/N-ethyl adjacent to an activating group) is 1. The van der Waals surface area contributed by atoms with E-state index in [1.54, 1.807) is 44.4 Å². The van der Waals surface area contributed by atoms with Gasteiger partial charge < -0.3 is 35.8 Å². The summed E-state index contributed by atoms with van der Waals surface area (Å²) in [5.74, 6) is -4.15. The molecule has 1 saturated heterocycles. The van der Waals surface area contributed by atoms with Gasteiger partial charge in [-0.25, -0.2) is 4.79 Å². The van der Waals surface area contributed by atoms with Crippen LogP contribution >= 0.6 is 0 Å². The number of likely N-dealkylation sites (tertiary alicyclic amines) is 1. The molecular weight excluding hydrogens is 680 g/mol. The van der Waals surface area contributed by atoms with E-state index in [1.165, 1.54) is 9.80 Å². The first kappa shape index (κ1) is 42.9. The summed E-state index contributed by atoms with van der Waals surface area (Å²) in [4.78, 5) is 96.4. The fourth-order valence-electron chi connectivity index (χ4n) is 7.16. The van der Waals surface area contributed by atoms with Crippen LogP contribution in [0.1, 0.15) is 97.6 Å². The number of ketones is 1. The third kappa shape index (κ3) is 12.3. The number of hydrogen-bond acceptors (Lipinski definition) is 8. The number of nitrogens with zero attached hydrogens (tertiary/aromatic N) is 2. The summed E-state index contributed by atoms with van der Waals surface area (Å²) < 4.78 is 5.38. The van der Waals surface area contributed by atoms with Crippen LogP contribution in [0, 0.1) is 23.7 Å². The summed E-state index contributed by atoms with van der Waals surface area (Å²) >= 11 is 0. The Morgan fingerprint density at radius 3 is 2.13 bits per heavy atom. The number of ether oxygens (including phenoxy) is 1. The minimum absolute atomic E-state index is 0.0156. The van der Waals surface area contributed by atoms with Gasteiger partial charge >= 0.3 is 6.09 Å². The van der Waals surface area contributed by atoms with Crippen molar-refractivity contribution in [1.82, 2.24) is 31.1 Å². The first-order chi connectivity index (χ1) is 25.2. The molecule has 0 bridgehead atoms. The molecule has 1 aliphatic heterocycles. The summed E-state index contributed by atoms with van der Waals surface area (Å²) in [6, 6.07) is 4.66. The second-order valence-electron chi connectivity index (χ2n) is 15.2. The highest BCUT2D eigenvalue weighted by atomic mass is 16.5. The van der Waals surface area contributed by atoms with Crippen LogP contribution in [-0.2, 0) is 33.5 Å². The van der Waals surface area contributed by atoms with Crippen LogP contribution in [0.5, 0.6) is 0 Å². The summed E-state index contributed by atoms with van der Waals surface area (Å²) in [7, 11) is 3.13. The molecule has 1 aromatic carbocycles. The van der Waals surface area contributed by atoms with Gasteiger partial charge in [0.1, 0.15) is 18.1 Å². The molecule has 4 N–H and O–H groups in total. The van der Waals surface area contributed by atoms with Gasteiger partial charge in [0.2, 0.25) is 29.4 Å². The topological polar surface area (TPSA) is 183 Å². The average Bonchev–Trinajstić information content (AvgIpc) is 3.60. The number of carbonyl (C=O) groups is 7. The van der Waals surface area contributed by atoms with E-state index in [-0.39, 0.29) is 48.5 Å². The molecule has 53 heavy (non-hydrogen) atoms. The molecular formula is C39H60N6O8. The van der Waals surface area contributed by atoms with Crippen LogP contribution in [-0.4, -0.2) is 103 Å². The van der Waals surface area contributed by atoms with Gasteiger partial charge in [-0.3, -0.25) is 28.8 Å². The van der Waals surface area contributed by atoms with Gasteiger partial charge in [-0.05, 0) is 54.9 Å². The molecule has 0 radical (unpaired) electrons. The third-order valence-corrected chi connectivity index (χ3v) is 10.0. The Balaban J connectivity index is 1.74. The average molecular weight is 741 g/mol. The van der Waals surface area contributed by atoms with Gasteiger partial charge in [0.15, 0.2) is 0 Å². The van der Waals surface area contributed by atoms with Gasteiger partial charge in [0.05, 0.1) is 19.2 Å². The molecule has 1 aliphatic carbocycles. The van der Waals surface area contributed by atoms with Crippen molar-refractivity contribution in [2.75, 3.05) is 33.8 Å². The van der Waals surface area contributed by atoms with Gasteiger partial charge in [0, 0.05) is 20.6 Å². The number of nitrogens with one attached hydrogen (secondary N) is 4. The van der Waals surface area contributed by atoms with E-state index >= 15 is 0 Å². The molecule has 0 aromatic heterocycles. The van der Waals surface area contributed by atoms with Gasteiger partial charge in [0.25, 0.3) is 5.91 Å². The summed E-state index contributed by atoms with van der Waals surface area (Å²) in [5, 5.41) is 10.6. The van der Waals surface area contributed by atoms with Gasteiger partial charge in [-0.2, -0.15) is 0 Å². The molecule has 14 nitrogen and oxygen atoms in total. The highest BCUT2D eigenvalue weighted by Crippen LogP contribution is 2.34. The minimum atomic E-state index is -1.20. The van der Waals surface area contributed by atoms with E-state index in [4.69, 9.17) is 4.74 Å². The van der Waals surface area contributed by atoms with Crippen LogP contribution in [0.15, 0.2) is 30.3 Å². The smallest absolute Gasteiger partial charge is 0.407 e.